The van der Waals surface area contributed by atoms with Gasteiger partial charge in [-0.1, -0.05) is 18.2 Å². The Morgan fingerprint density at radius 1 is 1.07 bits per heavy atom. The molecule has 0 saturated carbocycles. The average Bonchev–Trinajstić information content (AvgIpc) is 3.29. The van der Waals surface area contributed by atoms with Crippen LogP contribution in [0.25, 0.3) is 17.1 Å². The summed E-state index contributed by atoms with van der Waals surface area (Å²) in [4.78, 5) is 17.1. The number of aromatic nitrogens is 3. The second-order valence-electron chi connectivity index (χ2n) is 6.25. The van der Waals surface area contributed by atoms with Crippen LogP contribution in [-0.2, 0) is 0 Å². The number of hydrogen-bond acceptors (Lipinski definition) is 4. The molecule has 0 unspecified atom stereocenters. The molecule has 6 heteroatoms. The monoisotopic (exact) mass is 358 g/mol. The molecular formula is C21H18N4O2. The van der Waals surface area contributed by atoms with E-state index >= 15 is 0 Å². The van der Waals surface area contributed by atoms with Crippen molar-refractivity contribution < 1.29 is 9.21 Å². The lowest BCUT2D eigenvalue weighted by atomic mass is 10.2. The van der Waals surface area contributed by atoms with E-state index in [1.165, 1.54) is 0 Å². The average molecular weight is 358 g/mol. The Labute approximate surface area is 156 Å². The second-order valence-corrected chi connectivity index (χ2v) is 6.25. The van der Waals surface area contributed by atoms with Crippen molar-refractivity contribution in [2.75, 3.05) is 5.32 Å². The minimum Gasteiger partial charge on any atom is -0.460 e. The molecule has 134 valence electrons. The van der Waals surface area contributed by atoms with Gasteiger partial charge in [0, 0.05) is 12.4 Å². The lowest BCUT2D eigenvalue weighted by Crippen LogP contribution is -2.13. The molecule has 1 amide bonds. The zero-order chi connectivity index (χ0) is 18.8. The summed E-state index contributed by atoms with van der Waals surface area (Å²) < 4.78 is 7.38. The fourth-order valence-electron chi connectivity index (χ4n) is 2.79. The number of furan rings is 1. The molecule has 4 rings (SSSR count). The Kier molecular flexibility index (Phi) is 4.30. The first-order valence-electron chi connectivity index (χ1n) is 8.56. The molecule has 0 bridgehead atoms. The van der Waals surface area contributed by atoms with E-state index < -0.39 is 0 Å². The van der Waals surface area contributed by atoms with E-state index in [9.17, 15) is 4.79 Å². The Morgan fingerprint density at radius 2 is 1.89 bits per heavy atom. The maximum absolute atomic E-state index is 12.9. The summed E-state index contributed by atoms with van der Waals surface area (Å²) in [7, 11) is 0. The first kappa shape index (κ1) is 16.8. The van der Waals surface area contributed by atoms with Gasteiger partial charge >= 0.3 is 0 Å². The molecule has 3 aromatic heterocycles. The van der Waals surface area contributed by atoms with Crippen molar-refractivity contribution in [2.24, 2.45) is 0 Å². The molecule has 3 heterocycles. The zero-order valence-corrected chi connectivity index (χ0v) is 15.0. The van der Waals surface area contributed by atoms with Gasteiger partial charge in [-0.15, -0.1) is 0 Å². The van der Waals surface area contributed by atoms with Crippen molar-refractivity contribution in [3.8, 4) is 17.1 Å². The second kappa shape index (κ2) is 6.92. The highest BCUT2D eigenvalue weighted by Gasteiger charge is 2.21. The fourth-order valence-corrected chi connectivity index (χ4v) is 2.79. The lowest BCUT2D eigenvalue weighted by molar-refractivity contribution is 0.102. The number of amides is 1. The summed E-state index contributed by atoms with van der Waals surface area (Å²) in [5.41, 5.74) is 2.77. The van der Waals surface area contributed by atoms with Gasteiger partial charge in [0.2, 0.25) is 0 Å². The van der Waals surface area contributed by atoms with Gasteiger partial charge in [0.1, 0.15) is 17.3 Å². The van der Waals surface area contributed by atoms with Crippen LogP contribution in [0.3, 0.4) is 0 Å². The Morgan fingerprint density at radius 3 is 2.59 bits per heavy atom. The van der Waals surface area contributed by atoms with Crippen LogP contribution in [0.2, 0.25) is 0 Å². The number of aryl methyl sites for hydroxylation is 2. The molecule has 27 heavy (non-hydrogen) atoms. The van der Waals surface area contributed by atoms with Crippen LogP contribution in [0.4, 0.5) is 5.82 Å². The first-order valence-corrected chi connectivity index (χ1v) is 8.56. The smallest absolute Gasteiger partial charge is 0.260 e. The standard InChI is InChI=1S/C21H18N4O2/c1-14-10-11-22-19(12-14)23-21(26)17-13-25(16-6-4-3-5-7-16)24-20(17)18-9-8-15(2)27-18/h3-13H,1-2H3,(H,22,23,26). The van der Waals surface area contributed by atoms with E-state index in [4.69, 9.17) is 4.42 Å². The topological polar surface area (TPSA) is 73.0 Å². The number of benzene rings is 1. The summed E-state index contributed by atoms with van der Waals surface area (Å²) in [5.74, 6) is 1.50. The molecule has 0 aliphatic heterocycles. The Hall–Kier alpha value is -3.67. The van der Waals surface area contributed by atoms with Crippen molar-refractivity contribution in [3.05, 3.63) is 83.9 Å². The predicted molar refractivity (Wildman–Crippen MR) is 103 cm³/mol. The van der Waals surface area contributed by atoms with Crippen molar-refractivity contribution >= 4 is 11.7 Å². The van der Waals surface area contributed by atoms with Crippen LogP contribution in [0, 0.1) is 13.8 Å². The van der Waals surface area contributed by atoms with Gasteiger partial charge in [0.15, 0.2) is 5.76 Å². The van der Waals surface area contributed by atoms with E-state index in [0.29, 0.717) is 22.8 Å². The van der Waals surface area contributed by atoms with Gasteiger partial charge in [-0.05, 0) is 55.8 Å². The Balaban J connectivity index is 1.75. The van der Waals surface area contributed by atoms with Crippen LogP contribution < -0.4 is 5.32 Å². The fraction of sp³-hybridized carbons (Fsp3) is 0.0952. The minimum absolute atomic E-state index is 0.292. The van der Waals surface area contributed by atoms with Crippen molar-refractivity contribution in [3.63, 3.8) is 0 Å². The van der Waals surface area contributed by atoms with Crippen LogP contribution in [0.5, 0.6) is 0 Å². The van der Waals surface area contributed by atoms with E-state index in [2.05, 4.69) is 15.4 Å². The van der Waals surface area contributed by atoms with Crippen molar-refractivity contribution in [1.82, 2.24) is 14.8 Å². The third-order valence-corrected chi connectivity index (χ3v) is 4.11. The maximum atomic E-state index is 12.9. The van der Waals surface area contributed by atoms with Gasteiger partial charge in [-0.3, -0.25) is 4.79 Å². The summed E-state index contributed by atoms with van der Waals surface area (Å²) in [6.45, 7) is 3.80. The van der Waals surface area contributed by atoms with E-state index in [0.717, 1.165) is 17.0 Å². The highest BCUT2D eigenvalue weighted by molar-refractivity contribution is 6.07. The van der Waals surface area contributed by atoms with Crippen LogP contribution in [0.1, 0.15) is 21.7 Å². The SMILES string of the molecule is Cc1ccnc(NC(=O)c2cn(-c3ccccc3)nc2-c2ccc(C)o2)c1. The lowest BCUT2D eigenvalue weighted by Gasteiger charge is -2.04. The number of carbonyl (C=O) groups is 1. The maximum Gasteiger partial charge on any atom is 0.260 e. The molecule has 0 aliphatic carbocycles. The quantitative estimate of drug-likeness (QED) is 0.587. The van der Waals surface area contributed by atoms with Crippen LogP contribution >= 0.6 is 0 Å². The molecule has 1 N–H and O–H groups in total. The molecule has 0 radical (unpaired) electrons. The number of nitrogens with zero attached hydrogens (tertiary/aromatic N) is 3. The number of hydrogen-bond donors (Lipinski definition) is 1. The normalized spacial score (nSPS) is 10.7. The number of para-hydroxylation sites is 1. The summed E-state index contributed by atoms with van der Waals surface area (Å²) in [6, 6.07) is 17.0. The largest absolute Gasteiger partial charge is 0.460 e. The van der Waals surface area contributed by atoms with E-state index in [-0.39, 0.29) is 5.91 Å². The number of rotatable bonds is 4. The minimum atomic E-state index is -0.292. The Bertz CT molecular complexity index is 1100. The van der Waals surface area contributed by atoms with E-state index in [1.807, 2.05) is 68.4 Å². The molecule has 1 aromatic carbocycles. The summed E-state index contributed by atoms with van der Waals surface area (Å²) in [5, 5.41) is 7.42. The molecule has 0 aliphatic rings. The first-order chi connectivity index (χ1) is 13.1. The van der Waals surface area contributed by atoms with Crippen LogP contribution in [-0.4, -0.2) is 20.7 Å². The highest BCUT2D eigenvalue weighted by Crippen LogP contribution is 2.26. The molecule has 0 spiro atoms. The number of carbonyl (C=O) groups excluding carboxylic acids is 1. The summed E-state index contributed by atoms with van der Waals surface area (Å²) in [6.07, 6.45) is 3.36. The van der Waals surface area contributed by atoms with Gasteiger partial charge in [-0.25, -0.2) is 9.67 Å². The third kappa shape index (κ3) is 3.50. The summed E-state index contributed by atoms with van der Waals surface area (Å²) >= 11 is 0. The molecule has 0 fully saturated rings. The molecule has 0 saturated heterocycles. The zero-order valence-electron chi connectivity index (χ0n) is 15.0. The van der Waals surface area contributed by atoms with E-state index in [1.54, 1.807) is 17.1 Å². The van der Waals surface area contributed by atoms with Crippen molar-refractivity contribution in [1.29, 1.82) is 0 Å². The molecular weight excluding hydrogens is 340 g/mol. The van der Waals surface area contributed by atoms with Crippen molar-refractivity contribution in [2.45, 2.75) is 13.8 Å². The molecule has 4 aromatic rings. The number of nitrogens with one attached hydrogen (secondary N) is 1. The highest BCUT2D eigenvalue weighted by atomic mass is 16.3. The number of anilines is 1. The van der Waals surface area contributed by atoms with Gasteiger partial charge < -0.3 is 9.73 Å². The van der Waals surface area contributed by atoms with Gasteiger partial charge in [0.25, 0.3) is 5.91 Å². The third-order valence-electron chi connectivity index (χ3n) is 4.11. The number of pyridine rings is 1. The predicted octanol–water partition coefficient (Wildman–Crippen LogP) is 4.40. The van der Waals surface area contributed by atoms with Crippen LogP contribution in [0.15, 0.2) is 71.4 Å². The van der Waals surface area contributed by atoms with Gasteiger partial charge in [0.05, 0.1) is 11.3 Å². The van der Waals surface area contributed by atoms with Gasteiger partial charge in [-0.2, -0.15) is 5.10 Å². The molecule has 0 atom stereocenters. The molecule has 6 nitrogen and oxygen atoms in total.